The quantitative estimate of drug-likeness (QED) is 0.585. The molecule has 0 atom stereocenters. The minimum atomic E-state index is -0.595. The molecule has 1 aliphatic heterocycles. The van der Waals surface area contributed by atoms with Crippen molar-refractivity contribution in [3.8, 4) is 5.75 Å². The SMILES string of the molecule is CCN(CC)C(=O)c1ccc(NC(=O)COC(=O)CCN2C(=O)COc3ccccc32)cc1. The normalized spacial score (nSPS) is 12.4. The molecule has 0 aromatic heterocycles. The molecule has 1 N–H and O–H groups in total. The molecule has 0 spiro atoms. The van der Waals surface area contributed by atoms with Gasteiger partial charge in [-0.3, -0.25) is 19.2 Å². The van der Waals surface area contributed by atoms with Crippen LogP contribution in [0.4, 0.5) is 11.4 Å². The second-order valence-corrected chi connectivity index (χ2v) is 7.32. The first-order valence-corrected chi connectivity index (χ1v) is 10.8. The summed E-state index contributed by atoms with van der Waals surface area (Å²) in [7, 11) is 0. The Labute approximate surface area is 192 Å². The summed E-state index contributed by atoms with van der Waals surface area (Å²) in [4.78, 5) is 51.8. The molecule has 1 heterocycles. The van der Waals surface area contributed by atoms with Gasteiger partial charge in [-0.2, -0.15) is 0 Å². The largest absolute Gasteiger partial charge is 0.482 e. The molecule has 0 radical (unpaired) electrons. The average Bonchev–Trinajstić information content (AvgIpc) is 2.83. The summed E-state index contributed by atoms with van der Waals surface area (Å²) in [5.41, 5.74) is 1.62. The van der Waals surface area contributed by atoms with Crippen LogP contribution in [0.3, 0.4) is 0 Å². The number of carbonyl (C=O) groups excluding carboxylic acids is 4. The topological polar surface area (TPSA) is 105 Å². The van der Waals surface area contributed by atoms with Crippen LogP contribution in [0.1, 0.15) is 30.6 Å². The Morgan fingerprint density at radius 2 is 1.76 bits per heavy atom. The molecule has 9 nitrogen and oxygen atoms in total. The van der Waals surface area contributed by atoms with E-state index in [9.17, 15) is 19.2 Å². The monoisotopic (exact) mass is 453 g/mol. The van der Waals surface area contributed by atoms with Crippen LogP contribution in [0.2, 0.25) is 0 Å². The lowest BCUT2D eigenvalue weighted by Crippen LogP contribution is -2.40. The Kier molecular flexibility index (Phi) is 8.01. The van der Waals surface area contributed by atoms with Gasteiger partial charge >= 0.3 is 5.97 Å². The van der Waals surface area contributed by atoms with Gasteiger partial charge in [0.25, 0.3) is 17.7 Å². The number of fused-ring (bicyclic) bond motifs is 1. The van der Waals surface area contributed by atoms with Crippen LogP contribution in [0.15, 0.2) is 48.5 Å². The molecule has 9 heteroatoms. The maximum atomic E-state index is 12.3. The number of rotatable bonds is 9. The number of hydrogen-bond acceptors (Lipinski definition) is 6. The predicted molar refractivity (Wildman–Crippen MR) is 122 cm³/mol. The standard InChI is InChI=1S/C24H27N3O6/c1-3-26(4-2)24(31)17-9-11-18(12-10-17)25-21(28)15-33-23(30)13-14-27-19-7-5-6-8-20(19)32-16-22(27)29/h5-12H,3-4,13-16H2,1-2H3,(H,25,28). The number of hydrogen-bond donors (Lipinski definition) is 1. The van der Waals surface area contributed by atoms with Crippen LogP contribution < -0.4 is 15.0 Å². The Balaban J connectivity index is 1.45. The van der Waals surface area contributed by atoms with Gasteiger partial charge in [0, 0.05) is 30.9 Å². The van der Waals surface area contributed by atoms with Gasteiger partial charge in [-0.15, -0.1) is 0 Å². The third-order valence-electron chi connectivity index (χ3n) is 5.18. The van der Waals surface area contributed by atoms with E-state index >= 15 is 0 Å². The molecule has 0 unspecified atom stereocenters. The molecule has 2 aromatic carbocycles. The fraction of sp³-hybridized carbons (Fsp3) is 0.333. The molecule has 33 heavy (non-hydrogen) atoms. The lowest BCUT2D eigenvalue weighted by atomic mass is 10.2. The highest BCUT2D eigenvalue weighted by Crippen LogP contribution is 2.31. The third kappa shape index (κ3) is 6.09. The summed E-state index contributed by atoms with van der Waals surface area (Å²) in [6, 6.07) is 13.6. The van der Waals surface area contributed by atoms with E-state index in [1.54, 1.807) is 53.4 Å². The zero-order valence-corrected chi connectivity index (χ0v) is 18.7. The van der Waals surface area contributed by atoms with Gasteiger partial charge in [-0.25, -0.2) is 0 Å². The van der Waals surface area contributed by atoms with E-state index in [1.807, 2.05) is 13.8 Å². The van der Waals surface area contributed by atoms with Gasteiger partial charge in [0.05, 0.1) is 12.1 Å². The maximum Gasteiger partial charge on any atom is 0.308 e. The van der Waals surface area contributed by atoms with Gasteiger partial charge < -0.3 is 24.6 Å². The van der Waals surface area contributed by atoms with Gasteiger partial charge in [-0.1, -0.05) is 12.1 Å². The average molecular weight is 453 g/mol. The number of ether oxygens (including phenoxy) is 2. The molecule has 0 aliphatic carbocycles. The summed E-state index contributed by atoms with van der Waals surface area (Å²) in [6.07, 6.45) is -0.0600. The summed E-state index contributed by atoms with van der Waals surface area (Å²) in [5.74, 6) is -0.842. The van der Waals surface area contributed by atoms with E-state index in [4.69, 9.17) is 9.47 Å². The van der Waals surface area contributed by atoms with E-state index in [0.717, 1.165) is 0 Å². The number of amides is 3. The molecular formula is C24H27N3O6. The number of para-hydroxylation sites is 2. The van der Waals surface area contributed by atoms with Crippen LogP contribution in [0.25, 0.3) is 0 Å². The third-order valence-corrected chi connectivity index (χ3v) is 5.18. The molecular weight excluding hydrogens is 426 g/mol. The van der Waals surface area contributed by atoms with Crippen LogP contribution >= 0.6 is 0 Å². The molecule has 174 valence electrons. The lowest BCUT2D eigenvalue weighted by molar-refractivity contribution is -0.147. The van der Waals surface area contributed by atoms with Gasteiger partial charge in [-0.05, 0) is 50.2 Å². The molecule has 3 rings (SSSR count). The van der Waals surface area contributed by atoms with Gasteiger partial charge in [0.15, 0.2) is 13.2 Å². The summed E-state index contributed by atoms with van der Waals surface area (Å²) >= 11 is 0. The second-order valence-electron chi connectivity index (χ2n) is 7.32. The summed E-state index contributed by atoms with van der Waals surface area (Å²) < 4.78 is 10.4. The number of nitrogens with zero attached hydrogens (tertiary/aromatic N) is 2. The lowest BCUT2D eigenvalue weighted by Gasteiger charge is -2.28. The smallest absolute Gasteiger partial charge is 0.308 e. The zero-order valence-electron chi connectivity index (χ0n) is 18.7. The van der Waals surface area contributed by atoms with Crippen molar-refractivity contribution in [2.24, 2.45) is 0 Å². The fourth-order valence-corrected chi connectivity index (χ4v) is 3.41. The Hall–Kier alpha value is -3.88. The van der Waals surface area contributed by atoms with Crippen molar-refractivity contribution in [2.45, 2.75) is 20.3 Å². The molecule has 3 amide bonds. The highest BCUT2D eigenvalue weighted by molar-refractivity contribution is 5.98. The van der Waals surface area contributed by atoms with Gasteiger partial charge in [0.2, 0.25) is 0 Å². The molecule has 2 aromatic rings. The van der Waals surface area contributed by atoms with Crippen molar-refractivity contribution in [1.29, 1.82) is 0 Å². The number of nitrogens with one attached hydrogen (secondary N) is 1. The molecule has 0 saturated carbocycles. The van der Waals surface area contributed by atoms with Crippen LogP contribution in [-0.4, -0.2) is 61.4 Å². The number of esters is 1. The van der Waals surface area contributed by atoms with E-state index in [0.29, 0.717) is 35.8 Å². The van der Waals surface area contributed by atoms with Crippen molar-refractivity contribution >= 4 is 35.1 Å². The van der Waals surface area contributed by atoms with Crippen molar-refractivity contribution in [1.82, 2.24) is 4.90 Å². The van der Waals surface area contributed by atoms with Crippen LogP contribution in [0, 0.1) is 0 Å². The fourth-order valence-electron chi connectivity index (χ4n) is 3.41. The van der Waals surface area contributed by atoms with Crippen molar-refractivity contribution in [3.05, 3.63) is 54.1 Å². The minimum absolute atomic E-state index is 0.0600. The van der Waals surface area contributed by atoms with Crippen LogP contribution in [0.5, 0.6) is 5.75 Å². The van der Waals surface area contributed by atoms with E-state index < -0.39 is 18.5 Å². The molecule has 0 fully saturated rings. The molecule has 1 aliphatic rings. The predicted octanol–water partition coefficient (Wildman–Crippen LogP) is 2.47. The van der Waals surface area contributed by atoms with E-state index in [2.05, 4.69) is 5.32 Å². The first-order chi connectivity index (χ1) is 15.9. The van der Waals surface area contributed by atoms with E-state index in [-0.39, 0.29) is 31.4 Å². The minimum Gasteiger partial charge on any atom is -0.482 e. The first-order valence-electron chi connectivity index (χ1n) is 10.8. The molecule has 0 bridgehead atoms. The van der Waals surface area contributed by atoms with Crippen molar-refractivity contribution in [3.63, 3.8) is 0 Å². The second kappa shape index (κ2) is 11.1. The Bertz CT molecular complexity index is 1020. The summed E-state index contributed by atoms with van der Waals surface area (Å²) in [6.45, 7) is 4.64. The van der Waals surface area contributed by atoms with Crippen molar-refractivity contribution in [2.75, 3.05) is 43.1 Å². The number of anilines is 2. The zero-order chi connectivity index (χ0) is 23.8. The first kappa shape index (κ1) is 23.8. The highest BCUT2D eigenvalue weighted by atomic mass is 16.5. The van der Waals surface area contributed by atoms with Crippen LogP contribution in [-0.2, 0) is 19.1 Å². The van der Waals surface area contributed by atoms with Gasteiger partial charge in [0.1, 0.15) is 5.75 Å². The molecule has 0 saturated heterocycles. The number of carbonyl (C=O) groups is 4. The number of benzene rings is 2. The summed E-state index contributed by atoms with van der Waals surface area (Å²) in [5, 5.41) is 2.62. The maximum absolute atomic E-state index is 12.3. The highest BCUT2D eigenvalue weighted by Gasteiger charge is 2.25. The Morgan fingerprint density at radius 3 is 2.45 bits per heavy atom. The van der Waals surface area contributed by atoms with E-state index in [1.165, 1.54) is 4.90 Å². The van der Waals surface area contributed by atoms with Crippen molar-refractivity contribution < 1.29 is 28.7 Å². The Morgan fingerprint density at radius 1 is 1.06 bits per heavy atom.